The summed E-state index contributed by atoms with van der Waals surface area (Å²) in [4.78, 5) is 3.66. The van der Waals surface area contributed by atoms with Gasteiger partial charge in [0, 0.05) is 40.0 Å². The quantitative estimate of drug-likeness (QED) is 0.309. The van der Waals surface area contributed by atoms with Crippen molar-refractivity contribution in [3.8, 4) is 17.2 Å². The summed E-state index contributed by atoms with van der Waals surface area (Å²) in [6.07, 6.45) is 1.02. The van der Waals surface area contributed by atoms with Crippen LogP contribution in [0.25, 0.3) is 22.4 Å². The molecule has 0 saturated heterocycles. The second kappa shape index (κ2) is 9.00. The Balaban J connectivity index is 1.27. The topological polar surface area (TPSA) is 76.0 Å². The lowest BCUT2D eigenvalue weighted by atomic mass is 9.93. The molecule has 0 saturated carbocycles. The van der Waals surface area contributed by atoms with Crippen molar-refractivity contribution in [1.82, 2.24) is 20.5 Å². The highest BCUT2D eigenvalue weighted by Gasteiger charge is 2.25. The van der Waals surface area contributed by atoms with Gasteiger partial charge in [0.15, 0.2) is 0 Å². The van der Waals surface area contributed by atoms with Gasteiger partial charge in [-0.05, 0) is 47.9 Å². The molecule has 5 aromatic rings. The number of nitrogens with one attached hydrogen (secondary N) is 2. The predicted octanol–water partition coefficient (Wildman–Crippen LogP) is 5.75. The van der Waals surface area contributed by atoms with E-state index >= 15 is 0 Å². The molecule has 2 N–H and O–H groups in total. The smallest absolute Gasteiger partial charge is 0.277 e. The summed E-state index contributed by atoms with van der Waals surface area (Å²) in [6, 6.07) is 24.9. The molecule has 7 heteroatoms. The Hall–Kier alpha value is -3.55. The first-order chi connectivity index (χ1) is 16.8. The van der Waals surface area contributed by atoms with E-state index < -0.39 is 0 Å². The number of thioether (sulfide) groups is 1. The normalized spacial score (nSPS) is 15.4. The highest BCUT2D eigenvalue weighted by Crippen LogP contribution is 2.36. The number of rotatable bonds is 6. The number of nitrogens with zero attached hydrogens (tertiary/aromatic N) is 2. The Morgan fingerprint density at radius 3 is 2.76 bits per heavy atom. The van der Waals surface area contributed by atoms with E-state index in [1.54, 1.807) is 7.11 Å². The molecule has 2 aromatic heterocycles. The van der Waals surface area contributed by atoms with Crippen LogP contribution < -0.4 is 10.1 Å². The van der Waals surface area contributed by atoms with Crippen molar-refractivity contribution in [2.45, 2.75) is 23.4 Å². The monoisotopic (exact) mass is 468 g/mol. The molecule has 0 aliphatic carbocycles. The summed E-state index contributed by atoms with van der Waals surface area (Å²) < 4.78 is 11.5. The Kier molecular flexibility index (Phi) is 5.57. The zero-order valence-electron chi connectivity index (χ0n) is 18.7. The van der Waals surface area contributed by atoms with E-state index in [1.807, 2.05) is 36.4 Å². The van der Waals surface area contributed by atoms with E-state index in [0.717, 1.165) is 29.8 Å². The van der Waals surface area contributed by atoms with Gasteiger partial charge in [-0.1, -0.05) is 54.2 Å². The van der Waals surface area contributed by atoms with Crippen LogP contribution in [0.1, 0.15) is 28.4 Å². The molecule has 0 radical (unpaired) electrons. The summed E-state index contributed by atoms with van der Waals surface area (Å²) in [5.41, 5.74) is 7.06. The number of ether oxygens (including phenoxy) is 1. The van der Waals surface area contributed by atoms with E-state index in [-0.39, 0.29) is 6.04 Å². The van der Waals surface area contributed by atoms with Crippen molar-refractivity contribution in [1.29, 1.82) is 0 Å². The van der Waals surface area contributed by atoms with E-state index in [2.05, 4.69) is 56.9 Å². The molecule has 0 fully saturated rings. The van der Waals surface area contributed by atoms with Gasteiger partial charge in [0.2, 0.25) is 5.89 Å². The summed E-state index contributed by atoms with van der Waals surface area (Å²) in [5.74, 6) is 2.05. The van der Waals surface area contributed by atoms with E-state index in [0.29, 0.717) is 16.9 Å². The molecule has 34 heavy (non-hydrogen) atoms. The number of hydrogen-bond donors (Lipinski definition) is 2. The number of fused-ring (bicyclic) bond motifs is 3. The minimum Gasteiger partial charge on any atom is -0.496 e. The number of para-hydroxylation sites is 1. The third-order valence-electron chi connectivity index (χ3n) is 6.27. The zero-order valence-corrected chi connectivity index (χ0v) is 19.6. The van der Waals surface area contributed by atoms with Crippen LogP contribution in [-0.2, 0) is 12.2 Å². The average molecular weight is 469 g/mol. The maximum Gasteiger partial charge on any atom is 0.277 e. The molecule has 3 aromatic carbocycles. The average Bonchev–Trinajstić information content (AvgIpc) is 3.53. The van der Waals surface area contributed by atoms with Crippen LogP contribution in [0, 0.1) is 0 Å². The Morgan fingerprint density at radius 1 is 1.03 bits per heavy atom. The van der Waals surface area contributed by atoms with Gasteiger partial charge >= 0.3 is 0 Å². The molecule has 0 amide bonds. The first-order valence-corrected chi connectivity index (χ1v) is 12.3. The number of aromatic amines is 1. The highest BCUT2D eigenvalue weighted by molar-refractivity contribution is 7.98. The lowest BCUT2D eigenvalue weighted by Gasteiger charge is -2.25. The van der Waals surface area contributed by atoms with Crippen molar-refractivity contribution in [2.24, 2.45) is 0 Å². The lowest BCUT2D eigenvalue weighted by Crippen LogP contribution is -2.30. The molecular formula is C27H24N4O2S. The molecular weight excluding hydrogens is 444 g/mol. The van der Waals surface area contributed by atoms with Crippen LogP contribution in [-0.4, -0.2) is 28.8 Å². The minimum atomic E-state index is 0.110. The van der Waals surface area contributed by atoms with Crippen LogP contribution in [0.2, 0.25) is 0 Å². The molecule has 1 aliphatic rings. The summed E-state index contributed by atoms with van der Waals surface area (Å²) >= 11 is 1.51. The molecule has 0 bridgehead atoms. The molecule has 0 spiro atoms. The fraction of sp³-hybridized carbons (Fsp3) is 0.185. The third-order valence-corrected chi connectivity index (χ3v) is 7.14. The van der Waals surface area contributed by atoms with E-state index in [9.17, 15) is 0 Å². The Morgan fingerprint density at radius 2 is 1.88 bits per heavy atom. The van der Waals surface area contributed by atoms with Crippen molar-refractivity contribution in [3.05, 3.63) is 95.2 Å². The van der Waals surface area contributed by atoms with Crippen molar-refractivity contribution >= 4 is 22.7 Å². The number of H-pyrrole nitrogens is 1. The number of aromatic nitrogens is 3. The van der Waals surface area contributed by atoms with Crippen LogP contribution in [0.15, 0.2) is 82.4 Å². The molecule has 0 unspecified atom stereocenters. The van der Waals surface area contributed by atoms with Gasteiger partial charge in [-0.25, -0.2) is 0 Å². The van der Waals surface area contributed by atoms with E-state index in [4.69, 9.17) is 9.15 Å². The van der Waals surface area contributed by atoms with Gasteiger partial charge < -0.3 is 19.5 Å². The molecule has 1 atom stereocenters. The Bertz CT molecular complexity index is 1440. The van der Waals surface area contributed by atoms with Gasteiger partial charge in [-0.3, -0.25) is 0 Å². The van der Waals surface area contributed by atoms with Gasteiger partial charge in [-0.15, -0.1) is 10.2 Å². The summed E-state index contributed by atoms with van der Waals surface area (Å²) in [5, 5.41) is 14.0. The largest absolute Gasteiger partial charge is 0.496 e. The second-order valence-electron chi connectivity index (χ2n) is 8.30. The Labute approximate surface area is 201 Å². The summed E-state index contributed by atoms with van der Waals surface area (Å²) in [6.45, 7) is 0.944. The number of methoxy groups -OCH3 is 1. The van der Waals surface area contributed by atoms with Crippen LogP contribution in [0.4, 0.5) is 0 Å². The number of hydrogen-bond acceptors (Lipinski definition) is 6. The predicted molar refractivity (Wildman–Crippen MR) is 134 cm³/mol. The summed E-state index contributed by atoms with van der Waals surface area (Å²) in [7, 11) is 1.71. The SMILES string of the molecule is COc1ccc([C@@H]2NCCc3c2[nH]c2ccccc32)cc1CSc1nnc(-c2ccccc2)o1. The maximum atomic E-state index is 5.87. The highest BCUT2D eigenvalue weighted by atomic mass is 32.2. The van der Waals surface area contributed by atoms with Gasteiger partial charge in [0.1, 0.15) is 5.75 Å². The fourth-order valence-corrected chi connectivity index (χ4v) is 5.40. The van der Waals surface area contributed by atoms with Gasteiger partial charge in [0.25, 0.3) is 5.22 Å². The lowest BCUT2D eigenvalue weighted by molar-refractivity contribution is 0.410. The first kappa shape index (κ1) is 21.0. The van der Waals surface area contributed by atoms with Crippen LogP contribution in [0.3, 0.4) is 0 Å². The molecule has 170 valence electrons. The van der Waals surface area contributed by atoms with Gasteiger partial charge in [0.05, 0.1) is 13.2 Å². The third kappa shape index (κ3) is 3.87. The molecule has 1 aliphatic heterocycles. The standard InChI is InChI=1S/C27H24N4O2S/c1-32-23-12-11-18(24-25-21(13-14-28-24)20-9-5-6-10-22(20)29-25)15-19(23)16-34-27-31-30-26(33-27)17-7-3-2-4-8-17/h2-12,15,24,28-29H,13-14,16H2,1H3/t24-/m0/s1. The fourth-order valence-electron chi connectivity index (χ4n) is 4.66. The maximum absolute atomic E-state index is 5.87. The first-order valence-electron chi connectivity index (χ1n) is 11.3. The molecule has 6 nitrogen and oxygen atoms in total. The molecule has 3 heterocycles. The van der Waals surface area contributed by atoms with Crippen molar-refractivity contribution in [2.75, 3.05) is 13.7 Å². The number of benzene rings is 3. The second-order valence-corrected chi connectivity index (χ2v) is 9.23. The zero-order chi connectivity index (χ0) is 22.9. The van der Waals surface area contributed by atoms with Crippen LogP contribution >= 0.6 is 11.8 Å². The minimum absolute atomic E-state index is 0.110. The van der Waals surface area contributed by atoms with Crippen molar-refractivity contribution in [3.63, 3.8) is 0 Å². The van der Waals surface area contributed by atoms with Crippen molar-refractivity contribution < 1.29 is 9.15 Å². The van der Waals surface area contributed by atoms with E-state index in [1.165, 1.54) is 39.5 Å². The molecule has 6 rings (SSSR count). The van der Waals surface area contributed by atoms with Gasteiger partial charge in [-0.2, -0.15) is 0 Å². The van der Waals surface area contributed by atoms with Crippen LogP contribution in [0.5, 0.6) is 5.75 Å².